The second kappa shape index (κ2) is 5.54. The highest BCUT2D eigenvalue weighted by Crippen LogP contribution is 2.48. The molecular weight excluding hydrogens is 274 g/mol. The summed E-state index contributed by atoms with van der Waals surface area (Å²) in [7, 11) is 1.75. The predicted octanol–water partition coefficient (Wildman–Crippen LogP) is 3.51. The van der Waals surface area contributed by atoms with Gasteiger partial charge in [-0.15, -0.1) is 10.2 Å². The Balaban J connectivity index is 1.77. The molecule has 1 aromatic carbocycles. The molecule has 1 aromatic heterocycles. The van der Waals surface area contributed by atoms with Crippen molar-refractivity contribution in [2.45, 2.75) is 19.3 Å². The van der Waals surface area contributed by atoms with Gasteiger partial charge in [0.1, 0.15) is 0 Å². The number of anilines is 1. The van der Waals surface area contributed by atoms with Crippen LogP contribution in [0, 0.1) is 5.41 Å². The summed E-state index contributed by atoms with van der Waals surface area (Å²) in [5.74, 6) is 0.814. The van der Waals surface area contributed by atoms with Gasteiger partial charge >= 0.3 is 0 Å². The van der Waals surface area contributed by atoms with E-state index in [1.807, 2.05) is 24.3 Å². The van der Waals surface area contributed by atoms with Gasteiger partial charge in [0.05, 0.1) is 0 Å². The van der Waals surface area contributed by atoms with Gasteiger partial charge in [-0.25, -0.2) is 0 Å². The highest BCUT2D eigenvalue weighted by molar-refractivity contribution is 6.34. The molecule has 0 radical (unpaired) electrons. The molecular formula is C15H18ClN3O. The molecule has 4 nitrogen and oxygen atoms in total. The van der Waals surface area contributed by atoms with Crippen LogP contribution in [0.5, 0.6) is 0 Å². The van der Waals surface area contributed by atoms with Crippen LogP contribution >= 0.6 is 11.6 Å². The topological polar surface area (TPSA) is 47.0 Å². The number of nitrogens with zero attached hydrogens (tertiary/aromatic N) is 2. The maximum atomic E-state index is 6.08. The zero-order valence-electron chi connectivity index (χ0n) is 11.5. The van der Waals surface area contributed by atoms with Crippen molar-refractivity contribution in [1.82, 2.24) is 10.2 Å². The van der Waals surface area contributed by atoms with Gasteiger partial charge in [-0.2, -0.15) is 0 Å². The highest BCUT2D eigenvalue weighted by atomic mass is 35.5. The minimum atomic E-state index is 0.373. The summed E-state index contributed by atoms with van der Waals surface area (Å²) in [4.78, 5) is 0. The molecule has 20 heavy (non-hydrogen) atoms. The first-order chi connectivity index (χ1) is 9.74. The fourth-order valence-corrected chi connectivity index (χ4v) is 2.69. The zero-order valence-corrected chi connectivity index (χ0v) is 12.3. The molecule has 0 amide bonds. The van der Waals surface area contributed by atoms with Gasteiger partial charge in [-0.3, -0.25) is 0 Å². The quantitative estimate of drug-likeness (QED) is 0.885. The summed E-state index contributed by atoms with van der Waals surface area (Å²) in [6.07, 6.45) is 3.60. The van der Waals surface area contributed by atoms with E-state index in [4.69, 9.17) is 16.3 Å². The smallest absolute Gasteiger partial charge is 0.159 e. The van der Waals surface area contributed by atoms with Crippen LogP contribution in [0.25, 0.3) is 10.8 Å². The normalized spacial score (nSPS) is 16.3. The molecule has 5 heteroatoms. The number of fused-ring (bicyclic) bond motifs is 1. The van der Waals surface area contributed by atoms with Gasteiger partial charge in [0.2, 0.25) is 0 Å². The number of ether oxygens (including phenoxy) is 1. The molecule has 3 rings (SSSR count). The number of rotatable bonds is 6. The summed E-state index contributed by atoms with van der Waals surface area (Å²) in [6, 6.07) is 7.94. The van der Waals surface area contributed by atoms with Gasteiger partial charge in [-0.1, -0.05) is 35.9 Å². The minimum Gasteiger partial charge on any atom is -0.385 e. The molecule has 1 heterocycles. The lowest BCUT2D eigenvalue weighted by atomic mass is 10.0. The zero-order chi connectivity index (χ0) is 14.0. The van der Waals surface area contributed by atoms with E-state index in [1.54, 1.807) is 7.11 Å². The summed E-state index contributed by atoms with van der Waals surface area (Å²) < 4.78 is 5.18. The average molecular weight is 292 g/mol. The van der Waals surface area contributed by atoms with Crippen LogP contribution < -0.4 is 5.32 Å². The van der Waals surface area contributed by atoms with Crippen molar-refractivity contribution >= 4 is 28.2 Å². The van der Waals surface area contributed by atoms with Crippen LogP contribution in [-0.4, -0.2) is 30.5 Å². The Bertz CT molecular complexity index is 613. The van der Waals surface area contributed by atoms with Crippen molar-refractivity contribution in [3.05, 3.63) is 29.4 Å². The number of methoxy groups -OCH3 is 1. The lowest BCUT2D eigenvalue weighted by Crippen LogP contribution is -2.18. The van der Waals surface area contributed by atoms with Crippen LogP contribution in [0.1, 0.15) is 19.3 Å². The van der Waals surface area contributed by atoms with Gasteiger partial charge < -0.3 is 10.1 Å². The number of aromatic nitrogens is 2. The lowest BCUT2D eigenvalue weighted by molar-refractivity contribution is 0.175. The van der Waals surface area contributed by atoms with Gasteiger partial charge in [0, 0.05) is 31.0 Å². The Morgan fingerprint density at radius 3 is 2.70 bits per heavy atom. The number of hydrogen-bond acceptors (Lipinski definition) is 4. The van der Waals surface area contributed by atoms with Crippen molar-refractivity contribution in [2.75, 3.05) is 25.6 Å². The lowest BCUT2D eigenvalue weighted by Gasteiger charge is -2.16. The number of hydrogen-bond donors (Lipinski definition) is 1. The molecule has 0 aliphatic heterocycles. The Kier molecular flexibility index (Phi) is 3.76. The van der Waals surface area contributed by atoms with E-state index in [9.17, 15) is 0 Å². The summed E-state index contributed by atoms with van der Waals surface area (Å²) in [5.41, 5.74) is 0.373. The van der Waals surface area contributed by atoms with E-state index in [1.165, 1.54) is 12.8 Å². The van der Waals surface area contributed by atoms with E-state index in [-0.39, 0.29) is 0 Å². The molecule has 0 bridgehead atoms. The predicted molar refractivity (Wildman–Crippen MR) is 81.2 cm³/mol. The molecule has 1 fully saturated rings. The summed E-state index contributed by atoms with van der Waals surface area (Å²) in [6.45, 7) is 1.73. The fourth-order valence-electron chi connectivity index (χ4n) is 2.48. The van der Waals surface area contributed by atoms with E-state index in [0.717, 1.165) is 36.2 Å². The van der Waals surface area contributed by atoms with Gasteiger partial charge in [0.25, 0.3) is 0 Å². The Morgan fingerprint density at radius 2 is 2.00 bits per heavy atom. The van der Waals surface area contributed by atoms with E-state index >= 15 is 0 Å². The molecule has 0 saturated heterocycles. The standard InChI is InChI=1S/C15H18ClN3O/c1-20-9-8-15(6-7-15)10-17-14-12-5-3-2-4-11(12)13(16)18-19-14/h2-5H,6-10H2,1H3,(H,17,19). The maximum absolute atomic E-state index is 6.08. The molecule has 1 saturated carbocycles. The summed E-state index contributed by atoms with van der Waals surface area (Å²) in [5, 5.41) is 14.1. The highest BCUT2D eigenvalue weighted by Gasteiger charge is 2.41. The van der Waals surface area contributed by atoms with Gasteiger partial charge in [0.15, 0.2) is 11.0 Å². The van der Waals surface area contributed by atoms with E-state index in [0.29, 0.717) is 10.6 Å². The van der Waals surface area contributed by atoms with Gasteiger partial charge in [-0.05, 0) is 24.7 Å². The molecule has 106 valence electrons. The van der Waals surface area contributed by atoms with Crippen molar-refractivity contribution in [1.29, 1.82) is 0 Å². The minimum absolute atomic E-state index is 0.373. The molecule has 0 atom stereocenters. The van der Waals surface area contributed by atoms with Crippen LogP contribution in [-0.2, 0) is 4.74 Å². The molecule has 1 aliphatic carbocycles. The van der Waals surface area contributed by atoms with Crippen LogP contribution in [0.15, 0.2) is 24.3 Å². The molecule has 1 N–H and O–H groups in total. The average Bonchev–Trinajstić information content (AvgIpc) is 3.25. The van der Waals surface area contributed by atoms with Crippen LogP contribution in [0.2, 0.25) is 5.15 Å². The maximum Gasteiger partial charge on any atom is 0.159 e. The fraction of sp³-hybridized carbons (Fsp3) is 0.467. The van der Waals surface area contributed by atoms with Crippen molar-refractivity contribution in [3.8, 4) is 0 Å². The van der Waals surface area contributed by atoms with Crippen molar-refractivity contribution in [2.24, 2.45) is 5.41 Å². The Morgan fingerprint density at radius 1 is 1.25 bits per heavy atom. The first kappa shape index (κ1) is 13.6. The monoisotopic (exact) mass is 291 g/mol. The van der Waals surface area contributed by atoms with E-state index < -0.39 is 0 Å². The number of benzene rings is 1. The number of halogens is 1. The summed E-state index contributed by atoms with van der Waals surface area (Å²) >= 11 is 6.08. The first-order valence-corrected chi connectivity index (χ1v) is 7.26. The molecule has 0 unspecified atom stereocenters. The second-order valence-electron chi connectivity index (χ2n) is 5.48. The SMILES string of the molecule is COCCC1(CNc2nnc(Cl)c3ccccc23)CC1. The Hall–Kier alpha value is -1.39. The molecule has 1 aliphatic rings. The van der Waals surface area contributed by atoms with Crippen molar-refractivity contribution < 1.29 is 4.74 Å². The number of nitrogens with one attached hydrogen (secondary N) is 1. The molecule has 2 aromatic rings. The largest absolute Gasteiger partial charge is 0.385 e. The third-order valence-electron chi connectivity index (χ3n) is 4.07. The third-order valence-corrected chi connectivity index (χ3v) is 4.35. The third kappa shape index (κ3) is 2.72. The van der Waals surface area contributed by atoms with Crippen LogP contribution in [0.4, 0.5) is 5.82 Å². The van der Waals surface area contributed by atoms with Crippen molar-refractivity contribution in [3.63, 3.8) is 0 Å². The second-order valence-corrected chi connectivity index (χ2v) is 5.84. The van der Waals surface area contributed by atoms with Crippen LogP contribution in [0.3, 0.4) is 0 Å². The first-order valence-electron chi connectivity index (χ1n) is 6.88. The van der Waals surface area contributed by atoms with E-state index in [2.05, 4.69) is 15.5 Å². The Labute approximate surface area is 123 Å². The molecule has 0 spiro atoms.